The molecule has 160 valence electrons. The fourth-order valence-electron chi connectivity index (χ4n) is 3.67. The third kappa shape index (κ3) is 4.14. The van der Waals surface area contributed by atoms with Crippen LogP contribution >= 0.6 is 0 Å². The molecule has 0 atom stereocenters. The van der Waals surface area contributed by atoms with Crippen molar-refractivity contribution in [1.82, 2.24) is 0 Å². The molecule has 0 aliphatic rings. The van der Waals surface area contributed by atoms with Crippen molar-refractivity contribution in [1.29, 1.82) is 0 Å². The molecule has 4 N–H and O–H groups in total. The van der Waals surface area contributed by atoms with E-state index >= 15 is 0 Å². The topological polar surface area (TPSA) is 98.0 Å². The summed E-state index contributed by atoms with van der Waals surface area (Å²) in [5, 5.41) is 41.9. The van der Waals surface area contributed by atoms with E-state index in [1.54, 1.807) is 12.1 Å². The first-order valence-corrected chi connectivity index (χ1v) is 10.2. The maximum absolute atomic E-state index is 13.0. The highest BCUT2D eigenvalue weighted by Crippen LogP contribution is 2.39. The molecule has 0 saturated heterocycles. The second-order valence-electron chi connectivity index (χ2n) is 7.59. The van der Waals surface area contributed by atoms with Gasteiger partial charge in [-0.25, -0.2) is 0 Å². The van der Waals surface area contributed by atoms with Crippen LogP contribution in [0.25, 0.3) is 0 Å². The number of phenolic OH excluding ortho intramolecular Hbond substituents is 4. The highest BCUT2D eigenvalue weighted by molar-refractivity contribution is 6.13. The van der Waals surface area contributed by atoms with Crippen molar-refractivity contribution in [2.75, 3.05) is 0 Å². The Labute approximate surface area is 185 Å². The van der Waals surface area contributed by atoms with E-state index in [0.29, 0.717) is 24.0 Å². The molecule has 4 aromatic rings. The average Bonchev–Trinajstić information content (AvgIpc) is 2.81. The van der Waals surface area contributed by atoms with E-state index in [2.05, 4.69) is 0 Å². The number of benzene rings is 4. The zero-order valence-corrected chi connectivity index (χ0v) is 17.2. The molecule has 5 heteroatoms. The zero-order valence-electron chi connectivity index (χ0n) is 17.2. The molecular weight excluding hydrogens is 404 g/mol. The van der Waals surface area contributed by atoms with Gasteiger partial charge in [-0.1, -0.05) is 72.8 Å². The van der Waals surface area contributed by atoms with Crippen LogP contribution in [0.2, 0.25) is 0 Å². The first kappa shape index (κ1) is 21.0. The minimum absolute atomic E-state index is 0.162. The van der Waals surface area contributed by atoms with Crippen LogP contribution in [0, 0.1) is 0 Å². The molecule has 0 bridgehead atoms. The van der Waals surface area contributed by atoms with Gasteiger partial charge < -0.3 is 20.4 Å². The SMILES string of the molecule is O=C(c1ccc(Cc2ccccc2)c(O)c1O)c1ccc(Cc2ccccc2)c(O)c1O. The van der Waals surface area contributed by atoms with Crippen LogP contribution in [0.5, 0.6) is 23.0 Å². The summed E-state index contributed by atoms with van der Waals surface area (Å²) >= 11 is 0. The van der Waals surface area contributed by atoms with E-state index < -0.39 is 17.3 Å². The minimum Gasteiger partial charge on any atom is -0.504 e. The van der Waals surface area contributed by atoms with Crippen LogP contribution in [0.15, 0.2) is 84.9 Å². The second kappa shape index (κ2) is 8.86. The molecule has 0 aliphatic heterocycles. The number of ketones is 1. The van der Waals surface area contributed by atoms with Gasteiger partial charge in [0, 0.05) is 24.0 Å². The van der Waals surface area contributed by atoms with Gasteiger partial charge in [-0.2, -0.15) is 0 Å². The van der Waals surface area contributed by atoms with Gasteiger partial charge in [0.25, 0.3) is 0 Å². The molecule has 0 spiro atoms. The lowest BCUT2D eigenvalue weighted by molar-refractivity contribution is 0.103. The van der Waals surface area contributed by atoms with Crippen molar-refractivity contribution in [2.45, 2.75) is 12.8 Å². The smallest absolute Gasteiger partial charge is 0.200 e. The van der Waals surface area contributed by atoms with Crippen molar-refractivity contribution in [2.24, 2.45) is 0 Å². The number of phenols is 4. The number of hydrogen-bond acceptors (Lipinski definition) is 5. The molecule has 0 radical (unpaired) electrons. The van der Waals surface area contributed by atoms with Crippen LogP contribution in [0.4, 0.5) is 0 Å². The van der Waals surface area contributed by atoms with E-state index in [0.717, 1.165) is 11.1 Å². The highest BCUT2D eigenvalue weighted by atomic mass is 16.3. The van der Waals surface area contributed by atoms with Gasteiger partial charge in [0.05, 0.1) is 11.1 Å². The summed E-state index contributed by atoms with van der Waals surface area (Å²) in [6.07, 6.45) is 0.768. The summed E-state index contributed by atoms with van der Waals surface area (Å²) in [6.45, 7) is 0. The average molecular weight is 426 g/mol. The Morgan fingerprint density at radius 3 is 1.25 bits per heavy atom. The van der Waals surface area contributed by atoms with Crippen LogP contribution in [-0.2, 0) is 12.8 Å². The summed E-state index contributed by atoms with van der Waals surface area (Å²) in [7, 11) is 0. The first-order valence-electron chi connectivity index (χ1n) is 10.2. The highest BCUT2D eigenvalue weighted by Gasteiger charge is 2.23. The standard InChI is InChI=1S/C27H22O5/c28-23-19(15-17-7-3-1-4-8-17)11-13-21(26(23)31)25(30)22-14-12-20(24(29)27(22)32)16-18-9-5-2-6-10-18/h1-14,28-29,31-32H,15-16H2. The van der Waals surface area contributed by atoms with Gasteiger partial charge in [-0.3, -0.25) is 4.79 Å². The third-order valence-electron chi connectivity index (χ3n) is 5.43. The van der Waals surface area contributed by atoms with Gasteiger partial charge in [0.1, 0.15) is 0 Å². The minimum atomic E-state index is -0.705. The monoisotopic (exact) mass is 426 g/mol. The predicted molar refractivity (Wildman–Crippen MR) is 121 cm³/mol. The van der Waals surface area contributed by atoms with Gasteiger partial charge in [-0.15, -0.1) is 0 Å². The Kier molecular flexibility index (Phi) is 5.81. The Bertz CT molecular complexity index is 1170. The van der Waals surface area contributed by atoms with Crippen molar-refractivity contribution >= 4 is 5.78 Å². The number of carbonyl (C=O) groups is 1. The Balaban J connectivity index is 1.63. The summed E-state index contributed by atoms with van der Waals surface area (Å²) in [5.74, 6) is -2.59. The van der Waals surface area contributed by atoms with Crippen LogP contribution in [0.1, 0.15) is 38.2 Å². The van der Waals surface area contributed by atoms with E-state index in [1.165, 1.54) is 12.1 Å². The fraction of sp³-hybridized carbons (Fsp3) is 0.0741. The van der Waals surface area contributed by atoms with Crippen LogP contribution in [0.3, 0.4) is 0 Å². The summed E-state index contributed by atoms with van der Waals surface area (Å²) in [5.41, 5.74) is 2.50. The van der Waals surface area contributed by atoms with Crippen molar-refractivity contribution in [3.8, 4) is 23.0 Å². The van der Waals surface area contributed by atoms with Gasteiger partial charge in [0.15, 0.2) is 23.0 Å². The first-order chi connectivity index (χ1) is 15.5. The van der Waals surface area contributed by atoms with Crippen LogP contribution in [-0.4, -0.2) is 26.2 Å². The molecule has 0 aromatic heterocycles. The molecule has 0 heterocycles. The largest absolute Gasteiger partial charge is 0.504 e. The number of rotatable bonds is 6. The van der Waals surface area contributed by atoms with Gasteiger partial charge >= 0.3 is 0 Å². The Hall–Kier alpha value is -4.25. The summed E-state index contributed by atoms with van der Waals surface area (Å²) in [6, 6.07) is 24.8. The van der Waals surface area contributed by atoms with Crippen molar-refractivity contribution in [3.63, 3.8) is 0 Å². The molecular formula is C27H22O5. The lowest BCUT2D eigenvalue weighted by atomic mass is 9.95. The van der Waals surface area contributed by atoms with E-state index in [1.807, 2.05) is 60.7 Å². The second-order valence-corrected chi connectivity index (χ2v) is 7.59. The maximum Gasteiger partial charge on any atom is 0.200 e. The normalized spacial score (nSPS) is 10.8. The van der Waals surface area contributed by atoms with E-state index in [-0.39, 0.29) is 22.6 Å². The lowest BCUT2D eigenvalue weighted by Crippen LogP contribution is -2.04. The molecule has 0 aliphatic carbocycles. The van der Waals surface area contributed by atoms with E-state index in [9.17, 15) is 25.2 Å². The third-order valence-corrected chi connectivity index (χ3v) is 5.43. The van der Waals surface area contributed by atoms with Gasteiger partial charge in [0.2, 0.25) is 5.78 Å². The lowest BCUT2D eigenvalue weighted by Gasteiger charge is -2.13. The number of hydrogen-bond donors (Lipinski definition) is 4. The Morgan fingerprint density at radius 2 is 0.875 bits per heavy atom. The predicted octanol–water partition coefficient (Wildman–Crippen LogP) is 4.92. The van der Waals surface area contributed by atoms with Crippen molar-refractivity contribution in [3.05, 3.63) is 118 Å². The molecule has 0 fully saturated rings. The van der Waals surface area contributed by atoms with Crippen molar-refractivity contribution < 1.29 is 25.2 Å². The molecule has 0 unspecified atom stereocenters. The molecule has 5 nitrogen and oxygen atoms in total. The van der Waals surface area contributed by atoms with Crippen LogP contribution < -0.4 is 0 Å². The maximum atomic E-state index is 13.0. The summed E-state index contributed by atoms with van der Waals surface area (Å²) in [4.78, 5) is 13.0. The van der Waals surface area contributed by atoms with Gasteiger partial charge in [-0.05, 0) is 23.3 Å². The number of aromatic hydroxyl groups is 4. The molecule has 32 heavy (non-hydrogen) atoms. The fourth-order valence-corrected chi connectivity index (χ4v) is 3.67. The summed E-state index contributed by atoms with van der Waals surface area (Å²) < 4.78 is 0. The quantitative estimate of drug-likeness (QED) is 0.259. The molecule has 0 amide bonds. The Morgan fingerprint density at radius 1 is 0.500 bits per heavy atom. The molecule has 4 aromatic carbocycles. The van der Waals surface area contributed by atoms with E-state index in [4.69, 9.17) is 0 Å². The number of carbonyl (C=O) groups excluding carboxylic acids is 1. The molecule has 0 saturated carbocycles. The zero-order chi connectivity index (χ0) is 22.7. The molecule has 4 rings (SSSR count).